The maximum absolute atomic E-state index is 12.6. The summed E-state index contributed by atoms with van der Waals surface area (Å²) in [6, 6.07) is 6.27. The van der Waals surface area contributed by atoms with E-state index in [1.807, 2.05) is 0 Å². The van der Waals surface area contributed by atoms with Crippen molar-refractivity contribution in [3.63, 3.8) is 0 Å². The second kappa shape index (κ2) is 6.20. The van der Waals surface area contributed by atoms with E-state index in [2.05, 4.69) is 15.7 Å². The quantitative estimate of drug-likeness (QED) is 0.835. The Morgan fingerprint density at radius 3 is 2.78 bits per heavy atom. The van der Waals surface area contributed by atoms with Gasteiger partial charge >= 0.3 is 0 Å². The molecule has 7 nitrogen and oxygen atoms in total. The van der Waals surface area contributed by atoms with E-state index in [0.29, 0.717) is 23.7 Å². The summed E-state index contributed by atoms with van der Waals surface area (Å²) >= 11 is 0. The molecule has 1 aliphatic rings. The predicted octanol–water partition coefficient (Wildman–Crippen LogP) is 0.332. The molecule has 1 saturated heterocycles. The summed E-state index contributed by atoms with van der Waals surface area (Å²) < 4.78 is 1.14. The van der Waals surface area contributed by atoms with E-state index < -0.39 is 11.9 Å². The Morgan fingerprint density at radius 2 is 2.00 bits per heavy atom. The molecule has 0 bridgehead atoms. The summed E-state index contributed by atoms with van der Waals surface area (Å²) in [4.78, 5) is 36.6. The van der Waals surface area contributed by atoms with Crippen molar-refractivity contribution in [1.82, 2.24) is 20.4 Å². The van der Waals surface area contributed by atoms with Crippen molar-refractivity contribution < 1.29 is 9.59 Å². The van der Waals surface area contributed by atoms with Gasteiger partial charge < -0.3 is 10.6 Å². The lowest BCUT2D eigenvalue weighted by molar-refractivity contribution is -0.122. The lowest BCUT2D eigenvalue weighted by Gasteiger charge is -2.15. The molecule has 0 unspecified atom stereocenters. The molecule has 0 spiro atoms. The number of benzene rings is 1. The Bertz CT molecular complexity index is 828. The van der Waals surface area contributed by atoms with E-state index in [9.17, 15) is 14.4 Å². The lowest BCUT2D eigenvalue weighted by atomic mass is 10.1. The monoisotopic (exact) mass is 314 g/mol. The summed E-state index contributed by atoms with van der Waals surface area (Å²) in [6.07, 6.45) is 2.37. The third-order valence-electron chi connectivity index (χ3n) is 4.01. The molecule has 1 aliphatic heterocycles. The van der Waals surface area contributed by atoms with Crippen LogP contribution in [0.4, 0.5) is 0 Å². The molecule has 0 aliphatic carbocycles. The van der Waals surface area contributed by atoms with Gasteiger partial charge in [0.15, 0.2) is 5.69 Å². The van der Waals surface area contributed by atoms with Crippen LogP contribution in [0.25, 0.3) is 10.8 Å². The number of nitrogens with zero attached hydrogens (tertiary/aromatic N) is 2. The van der Waals surface area contributed by atoms with Gasteiger partial charge in [-0.1, -0.05) is 18.2 Å². The van der Waals surface area contributed by atoms with E-state index >= 15 is 0 Å². The van der Waals surface area contributed by atoms with Gasteiger partial charge in [-0.25, -0.2) is 4.68 Å². The molecule has 3 rings (SSSR count). The van der Waals surface area contributed by atoms with Crippen molar-refractivity contribution >= 4 is 22.6 Å². The standard InChI is InChI=1S/C16H18N4O3/c1-20-16(23)11-7-3-2-6-10(11)13(19-20)15(22)18-12-8-4-5-9-17-14(12)21/h2-3,6-7,12H,4-5,8-9H2,1H3,(H,17,21)(H,18,22)/t12-/m0/s1. The van der Waals surface area contributed by atoms with Crippen LogP contribution in [0.2, 0.25) is 0 Å². The fraction of sp³-hybridized carbons (Fsp3) is 0.375. The van der Waals surface area contributed by atoms with Crippen molar-refractivity contribution in [2.24, 2.45) is 7.05 Å². The van der Waals surface area contributed by atoms with Gasteiger partial charge in [-0.05, 0) is 25.3 Å². The first-order chi connectivity index (χ1) is 11.1. The Balaban J connectivity index is 1.96. The highest BCUT2D eigenvalue weighted by molar-refractivity contribution is 6.06. The summed E-state index contributed by atoms with van der Waals surface area (Å²) in [5, 5.41) is 10.5. The fourth-order valence-corrected chi connectivity index (χ4v) is 2.77. The summed E-state index contributed by atoms with van der Waals surface area (Å²) in [5.74, 6) is -0.621. The number of carbonyl (C=O) groups is 2. The van der Waals surface area contributed by atoms with E-state index in [1.165, 1.54) is 7.05 Å². The van der Waals surface area contributed by atoms with Gasteiger partial charge in [0.05, 0.1) is 5.39 Å². The van der Waals surface area contributed by atoms with E-state index in [-0.39, 0.29) is 17.2 Å². The van der Waals surface area contributed by atoms with Crippen LogP contribution in [0.3, 0.4) is 0 Å². The van der Waals surface area contributed by atoms with Crippen molar-refractivity contribution in [3.8, 4) is 0 Å². The van der Waals surface area contributed by atoms with Gasteiger partial charge in [0.25, 0.3) is 11.5 Å². The number of hydrogen-bond donors (Lipinski definition) is 2. The second-order valence-electron chi connectivity index (χ2n) is 5.64. The van der Waals surface area contributed by atoms with Crippen LogP contribution < -0.4 is 16.2 Å². The number of amides is 2. The van der Waals surface area contributed by atoms with Crippen LogP contribution >= 0.6 is 0 Å². The predicted molar refractivity (Wildman–Crippen MR) is 85.1 cm³/mol. The smallest absolute Gasteiger partial charge is 0.274 e. The molecular weight excluding hydrogens is 296 g/mol. The Kier molecular flexibility index (Phi) is 4.10. The molecular formula is C16H18N4O3. The number of nitrogens with one attached hydrogen (secondary N) is 2. The zero-order chi connectivity index (χ0) is 16.4. The van der Waals surface area contributed by atoms with E-state index in [1.54, 1.807) is 24.3 Å². The average Bonchev–Trinajstić information content (AvgIpc) is 2.75. The molecule has 1 fully saturated rings. The number of hydrogen-bond acceptors (Lipinski definition) is 4. The van der Waals surface area contributed by atoms with Gasteiger partial charge in [-0.2, -0.15) is 5.10 Å². The highest BCUT2D eigenvalue weighted by Gasteiger charge is 2.24. The molecule has 2 amide bonds. The third kappa shape index (κ3) is 2.94. The first-order valence-electron chi connectivity index (χ1n) is 7.62. The molecule has 0 radical (unpaired) electrons. The molecule has 0 saturated carbocycles. The normalized spacial score (nSPS) is 18.3. The van der Waals surface area contributed by atoms with Crippen LogP contribution in [-0.2, 0) is 11.8 Å². The van der Waals surface area contributed by atoms with Gasteiger partial charge in [0.1, 0.15) is 6.04 Å². The number of aromatic nitrogens is 2. The Hall–Kier alpha value is -2.70. The number of rotatable bonds is 2. The minimum absolute atomic E-state index is 0.153. The van der Waals surface area contributed by atoms with Crippen LogP contribution in [0, 0.1) is 0 Å². The zero-order valence-electron chi connectivity index (χ0n) is 12.8. The highest BCUT2D eigenvalue weighted by Crippen LogP contribution is 2.14. The van der Waals surface area contributed by atoms with Gasteiger partial charge in [-0.15, -0.1) is 0 Å². The maximum Gasteiger partial charge on any atom is 0.274 e. The molecule has 2 heterocycles. The van der Waals surface area contributed by atoms with Crippen molar-refractivity contribution in [2.45, 2.75) is 25.3 Å². The Morgan fingerprint density at radius 1 is 1.26 bits per heavy atom. The van der Waals surface area contributed by atoms with Gasteiger partial charge in [-0.3, -0.25) is 14.4 Å². The highest BCUT2D eigenvalue weighted by atomic mass is 16.2. The van der Waals surface area contributed by atoms with Crippen molar-refractivity contribution in [1.29, 1.82) is 0 Å². The topological polar surface area (TPSA) is 93.1 Å². The number of aryl methyl sites for hydroxylation is 1. The summed E-state index contributed by atoms with van der Waals surface area (Å²) in [6.45, 7) is 0.631. The molecule has 1 aromatic heterocycles. The van der Waals surface area contributed by atoms with Crippen molar-refractivity contribution in [3.05, 3.63) is 40.3 Å². The molecule has 120 valence electrons. The molecule has 1 aromatic carbocycles. The lowest BCUT2D eigenvalue weighted by Crippen LogP contribution is -2.46. The maximum atomic E-state index is 12.6. The average molecular weight is 314 g/mol. The summed E-state index contributed by atoms with van der Waals surface area (Å²) in [5.41, 5.74) is -0.107. The van der Waals surface area contributed by atoms with E-state index in [4.69, 9.17) is 0 Å². The zero-order valence-corrected chi connectivity index (χ0v) is 12.8. The minimum Gasteiger partial charge on any atom is -0.354 e. The third-order valence-corrected chi connectivity index (χ3v) is 4.01. The molecule has 7 heteroatoms. The van der Waals surface area contributed by atoms with Gasteiger partial charge in [0, 0.05) is 19.0 Å². The van der Waals surface area contributed by atoms with E-state index in [0.717, 1.165) is 17.5 Å². The number of fused-ring (bicyclic) bond motifs is 1. The first kappa shape index (κ1) is 15.2. The van der Waals surface area contributed by atoms with Crippen molar-refractivity contribution in [2.75, 3.05) is 6.54 Å². The summed E-state index contributed by atoms with van der Waals surface area (Å²) in [7, 11) is 1.50. The van der Waals surface area contributed by atoms with Crippen LogP contribution in [-0.4, -0.2) is 34.2 Å². The fourth-order valence-electron chi connectivity index (χ4n) is 2.77. The second-order valence-corrected chi connectivity index (χ2v) is 5.64. The van der Waals surface area contributed by atoms with Crippen LogP contribution in [0.5, 0.6) is 0 Å². The molecule has 23 heavy (non-hydrogen) atoms. The van der Waals surface area contributed by atoms with Crippen LogP contribution in [0.15, 0.2) is 29.1 Å². The SMILES string of the molecule is Cn1nc(C(=O)N[C@H]2CCCCNC2=O)c2ccccc2c1=O. The Labute approximate surface area is 132 Å². The number of carbonyl (C=O) groups excluding carboxylic acids is 2. The largest absolute Gasteiger partial charge is 0.354 e. The first-order valence-corrected chi connectivity index (χ1v) is 7.62. The molecule has 1 atom stereocenters. The molecule has 2 N–H and O–H groups in total. The van der Waals surface area contributed by atoms with Gasteiger partial charge in [0.2, 0.25) is 5.91 Å². The van der Waals surface area contributed by atoms with Crippen LogP contribution in [0.1, 0.15) is 29.8 Å². The minimum atomic E-state index is -0.567. The molecule has 2 aromatic rings.